The number of hydrogen-bond donors (Lipinski definition) is 0. The third-order valence-electron chi connectivity index (χ3n) is 0.470. The molecule has 0 aromatic carbocycles. The Morgan fingerprint density at radius 2 is 1.86 bits per heavy atom. The molecule has 0 heterocycles. The first kappa shape index (κ1) is 6.00. The zero-order chi connectivity index (χ0) is 5.70. The highest BCUT2D eigenvalue weighted by Gasteiger charge is 2.09. The first-order chi connectivity index (χ1) is 3.35. The van der Waals surface area contributed by atoms with Crippen molar-refractivity contribution in [1.29, 1.82) is 10.5 Å². The van der Waals surface area contributed by atoms with Crippen molar-refractivity contribution < 1.29 is 4.65 Å². The largest absolute Gasteiger partial charge is 0.528 e. The van der Waals surface area contributed by atoms with Crippen molar-refractivity contribution in [1.82, 2.24) is 0 Å². The van der Waals surface area contributed by atoms with Crippen molar-refractivity contribution in [3.05, 3.63) is 0 Å². The molecule has 34 valence electrons. The van der Waals surface area contributed by atoms with E-state index >= 15 is 0 Å². The van der Waals surface area contributed by atoms with E-state index in [0.717, 1.165) is 0 Å². The van der Waals surface area contributed by atoms with Crippen LogP contribution >= 0.6 is 0 Å². The number of rotatable bonds is 1. The summed E-state index contributed by atoms with van der Waals surface area (Å²) in [5, 5.41) is 15.9. The van der Waals surface area contributed by atoms with E-state index < -0.39 is 6.92 Å². The normalized spacial score (nSPS) is 6.14. The molecule has 0 rings (SSSR count). The van der Waals surface area contributed by atoms with Crippen molar-refractivity contribution in [2.75, 3.05) is 7.11 Å². The van der Waals surface area contributed by atoms with Crippen molar-refractivity contribution in [3.63, 3.8) is 0 Å². The van der Waals surface area contributed by atoms with Crippen LogP contribution in [0.15, 0.2) is 0 Å². The Labute approximate surface area is 42.2 Å². The average molecular weight is 93.9 g/mol. The van der Waals surface area contributed by atoms with Gasteiger partial charge in [0.2, 0.25) is 0 Å². The molecule has 0 unspecified atom stereocenters. The Bertz CT molecular complexity index is 108. The molecule has 0 N–H and O–H groups in total. The highest BCUT2D eigenvalue weighted by atomic mass is 16.4. The minimum atomic E-state index is -0.903. The summed E-state index contributed by atoms with van der Waals surface area (Å²) in [6, 6.07) is 0. The van der Waals surface area contributed by atoms with Gasteiger partial charge in [-0.05, 0) is 0 Å². The summed E-state index contributed by atoms with van der Waals surface area (Å²) in [6.45, 7) is -0.903. The van der Waals surface area contributed by atoms with Crippen molar-refractivity contribution in [2.24, 2.45) is 0 Å². The number of nitrogens with zero attached hydrogens (tertiary/aromatic N) is 2. The quantitative estimate of drug-likeness (QED) is 0.421. The topological polar surface area (TPSA) is 56.8 Å². The van der Waals surface area contributed by atoms with Crippen molar-refractivity contribution in [3.8, 4) is 11.9 Å². The van der Waals surface area contributed by atoms with E-state index in [1.807, 2.05) is 0 Å². The molecular weight excluding hydrogens is 90.9 g/mol. The van der Waals surface area contributed by atoms with Gasteiger partial charge in [-0.2, -0.15) is 0 Å². The molecule has 4 heteroatoms. The van der Waals surface area contributed by atoms with E-state index in [4.69, 9.17) is 10.5 Å². The van der Waals surface area contributed by atoms with E-state index in [2.05, 4.69) is 4.65 Å². The molecule has 0 aliphatic rings. The maximum atomic E-state index is 7.93. The molecule has 0 saturated heterocycles. The summed E-state index contributed by atoms with van der Waals surface area (Å²) in [4.78, 5) is 0. The lowest BCUT2D eigenvalue weighted by atomic mass is 9.73. The molecule has 0 aliphatic carbocycles. The minimum absolute atomic E-state index is 0.903. The van der Waals surface area contributed by atoms with Gasteiger partial charge in [-0.15, -0.1) is 0 Å². The molecule has 0 bridgehead atoms. The Kier molecular flexibility index (Phi) is 2.75. The molecule has 0 spiro atoms. The maximum absolute atomic E-state index is 7.93. The second-order valence-electron chi connectivity index (χ2n) is 0.874. The fourth-order valence-electron chi connectivity index (χ4n) is 0.134. The minimum Gasteiger partial charge on any atom is -0.414 e. The van der Waals surface area contributed by atoms with Gasteiger partial charge >= 0.3 is 6.92 Å². The predicted octanol–water partition coefficient (Wildman–Crippen LogP) is -0.250. The van der Waals surface area contributed by atoms with Gasteiger partial charge in [0.05, 0.1) is 11.9 Å². The van der Waals surface area contributed by atoms with Crippen LogP contribution in [0.2, 0.25) is 0 Å². The summed E-state index contributed by atoms with van der Waals surface area (Å²) >= 11 is 0. The second-order valence-corrected chi connectivity index (χ2v) is 0.874. The van der Waals surface area contributed by atoms with Crippen LogP contribution in [-0.2, 0) is 4.65 Å². The highest BCUT2D eigenvalue weighted by Crippen LogP contribution is 1.72. The fraction of sp³-hybridized carbons (Fsp3) is 0.333. The summed E-state index contributed by atoms with van der Waals surface area (Å²) in [5.41, 5.74) is 0. The zero-order valence-electron chi connectivity index (χ0n) is 3.88. The lowest BCUT2D eigenvalue weighted by Gasteiger charge is -1.82. The molecule has 0 aliphatic heterocycles. The van der Waals surface area contributed by atoms with Crippen LogP contribution < -0.4 is 0 Å². The fourth-order valence-corrected chi connectivity index (χ4v) is 0.134. The molecule has 0 aromatic rings. The summed E-state index contributed by atoms with van der Waals surface area (Å²) < 4.78 is 4.33. The molecular formula is C3H3BN2O. The van der Waals surface area contributed by atoms with Crippen LogP contribution in [0.3, 0.4) is 0 Å². The standard InChI is InChI=1S/C3H3BN2O/c1-7-4(2-5)3-6/h1H3. The van der Waals surface area contributed by atoms with E-state index in [1.54, 1.807) is 11.9 Å². The van der Waals surface area contributed by atoms with E-state index in [9.17, 15) is 0 Å². The average Bonchev–Trinajstić information content (AvgIpc) is 1.72. The molecule has 0 atom stereocenters. The van der Waals surface area contributed by atoms with Gasteiger partial charge in [-0.1, -0.05) is 0 Å². The predicted molar refractivity (Wildman–Crippen MR) is 24.0 cm³/mol. The highest BCUT2D eigenvalue weighted by molar-refractivity contribution is 6.68. The number of nitriles is 2. The molecule has 0 aromatic heterocycles. The molecule has 3 nitrogen and oxygen atoms in total. The van der Waals surface area contributed by atoms with Gasteiger partial charge in [-0.3, -0.25) is 0 Å². The first-order valence-corrected chi connectivity index (χ1v) is 1.67. The number of hydrogen-bond acceptors (Lipinski definition) is 3. The van der Waals surface area contributed by atoms with Crippen molar-refractivity contribution >= 4 is 6.92 Å². The SMILES string of the molecule is COB(C#N)C#N. The van der Waals surface area contributed by atoms with Crippen LogP contribution in [-0.4, -0.2) is 14.0 Å². The molecule has 7 heavy (non-hydrogen) atoms. The Balaban J connectivity index is 3.50. The Morgan fingerprint density at radius 3 is 1.86 bits per heavy atom. The first-order valence-electron chi connectivity index (χ1n) is 1.67. The summed E-state index contributed by atoms with van der Waals surface area (Å²) in [5.74, 6) is 3.24. The van der Waals surface area contributed by atoms with Crippen LogP contribution in [0.4, 0.5) is 0 Å². The monoisotopic (exact) mass is 94.0 g/mol. The van der Waals surface area contributed by atoms with Gasteiger partial charge in [0.25, 0.3) is 0 Å². The van der Waals surface area contributed by atoms with Crippen LogP contribution in [0.25, 0.3) is 0 Å². The second kappa shape index (κ2) is 3.20. The van der Waals surface area contributed by atoms with Crippen molar-refractivity contribution in [2.45, 2.75) is 0 Å². The van der Waals surface area contributed by atoms with Gasteiger partial charge in [-0.25, -0.2) is 10.5 Å². The van der Waals surface area contributed by atoms with E-state index in [1.165, 1.54) is 7.11 Å². The lowest BCUT2D eigenvalue weighted by molar-refractivity contribution is 0.440. The lowest BCUT2D eigenvalue weighted by Crippen LogP contribution is -2.09. The van der Waals surface area contributed by atoms with Gasteiger partial charge in [0.1, 0.15) is 0 Å². The molecule has 0 amide bonds. The van der Waals surface area contributed by atoms with Crippen LogP contribution in [0, 0.1) is 22.5 Å². The van der Waals surface area contributed by atoms with Crippen LogP contribution in [0.1, 0.15) is 0 Å². The van der Waals surface area contributed by atoms with E-state index in [0.29, 0.717) is 0 Å². The van der Waals surface area contributed by atoms with Gasteiger partial charge < -0.3 is 4.65 Å². The van der Waals surface area contributed by atoms with E-state index in [-0.39, 0.29) is 0 Å². The maximum Gasteiger partial charge on any atom is 0.528 e. The van der Waals surface area contributed by atoms with Gasteiger partial charge in [0, 0.05) is 7.11 Å². The van der Waals surface area contributed by atoms with Crippen LogP contribution in [0.5, 0.6) is 0 Å². The Morgan fingerprint density at radius 1 is 1.43 bits per heavy atom. The third-order valence-corrected chi connectivity index (χ3v) is 0.470. The third kappa shape index (κ3) is 1.80. The van der Waals surface area contributed by atoms with Gasteiger partial charge in [0.15, 0.2) is 0 Å². The molecule has 0 fully saturated rings. The Hall–Kier alpha value is -0.995. The smallest absolute Gasteiger partial charge is 0.414 e. The molecule has 0 radical (unpaired) electrons. The summed E-state index contributed by atoms with van der Waals surface area (Å²) in [7, 11) is 1.32. The molecule has 0 saturated carbocycles. The summed E-state index contributed by atoms with van der Waals surface area (Å²) in [6.07, 6.45) is 0. The zero-order valence-corrected chi connectivity index (χ0v) is 3.88.